The van der Waals surface area contributed by atoms with Crippen LogP contribution >= 0.6 is 0 Å². The molecule has 2 aliphatic rings. The van der Waals surface area contributed by atoms with Crippen LogP contribution in [-0.4, -0.2) is 0 Å². The second-order valence-electron chi connectivity index (χ2n) is 11.1. The molecule has 0 aromatic heterocycles. The van der Waals surface area contributed by atoms with Gasteiger partial charge in [0, 0.05) is 0 Å². The average Bonchev–Trinajstić information content (AvgIpc) is 3.07. The molecule has 0 heteroatoms. The van der Waals surface area contributed by atoms with Gasteiger partial charge in [-0.3, -0.25) is 0 Å². The van der Waals surface area contributed by atoms with E-state index < -0.39 is 0 Å². The molecule has 7 atom stereocenters. The highest BCUT2D eigenvalue weighted by Crippen LogP contribution is 2.52. The summed E-state index contributed by atoms with van der Waals surface area (Å²) in [5.74, 6) is 8.77. The van der Waals surface area contributed by atoms with Gasteiger partial charge in [0.1, 0.15) is 0 Å². The fraction of sp³-hybridized carbons (Fsp3) is 1.00. The fourth-order valence-electron chi connectivity index (χ4n) is 6.43. The normalized spacial score (nSPS) is 32.7. The molecule has 2 rings (SSSR count). The van der Waals surface area contributed by atoms with E-state index in [1.807, 2.05) is 0 Å². The fourth-order valence-corrected chi connectivity index (χ4v) is 6.43. The van der Waals surface area contributed by atoms with E-state index in [1.165, 1.54) is 38.5 Å². The van der Waals surface area contributed by atoms with Crippen LogP contribution in [0.3, 0.4) is 0 Å². The van der Waals surface area contributed by atoms with Crippen molar-refractivity contribution in [3.05, 3.63) is 0 Å². The van der Waals surface area contributed by atoms with Gasteiger partial charge in [-0.1, -0.05) is 87.0 Å². The van der Waals surface area contributed by atoms with Crippen molar-refractivity contribution in [2.75, 3.05) is 0 Å². The smallest absolute Gasteiger partial charge is 0.0355 e. The molecule has 2 saturated carbocycles. The van der Waals surface area contributed by atoms with Gasteiger partial charge in [0.25, 0.3) is 0 Å². The number of rotatable bonds is 10. The Labute approximate surface area is 166 Å². The molecular weight excluding hydrogens is 312 g/mol. The predicted octanol–water partition coefficient (Wildman–Crippen LogP) is 8.60. The van der Waals surface area contributed by atoms with E-state index in [2.05, 4.69) is 48.5 Å². The van der Waals surface area contributed by atoms with E-state index in [4.69, 9.17) is 0 Å². The van der Waals surface area contributed by atoms with Crippen molar-refractivity contribution >= 4 is 0 Å². The molecule has 26 heavy (non-hydrogen) atoms. The standard InChI is InChI=1S/C26H50/c1-8-22(12-9-11-20(6)18(2)3)15-21(7)24-16-23-13-10-14-25(23)26(17-24)19(4)5/h18-26H,8-17H2,1-7H3. The van der Waals surface area contributed by atoms with Crippen LogP contribution in [0.25, 0.3) is 0 Å². The lowest BCUT2D eigenvalue weighted by atomic mass is 9.62. The van der Waals surface area contributed by atoms with Crippen molar-refractivity contribution in [1.82, 2.24) is 0 Å². The summed E-state index contributed by atoms with van der Waals surface area (Å²) in [6.45, 7) is 17.3. The van der Waals surface area contributed by atoms with E-state index in [9.17, 15) is 0 Å². The van der Waals surface area contributed by atoms with Crippen molar-refractivity contribution in [3.63, 3.8) is 0 Å². The molecule has 0 saturated heterocycles. The summed E-state index contributed by atoms with van der Waals surface area (Å²) in [7, 11) is 0. The first-order chi connectivity index (χ1) is 12.3. The Morgan fingerprint density at radius 3 is 2.23 bits per heavy atom. The molecule has 0 N–H and O–H groups in total. The maximum Gasteiger partial charge on any atom is -0.0355 e. The second-order valence-corrected chi connectivity index (χ2v) is 11.1. The molecule has 0 aromatic carbocycles. The average molecular weight is 363 g/mol. The van der Waals surface area contributed by atoms with E-state index in [0.717, 1.165) is 53.3 Å². The van der Waals surface area contributed by atoms with Crippen molar-refractivity contribution in [1.29, 1.82) is 0 Å². The van der Waals surface area contributed by atoms with E-state index in [1.54, 1.807) is 25.7 Å². The lowest BCUT2D eigenvalue weighted by molar-refractivity contribution is 0.0625. The minimum atomic E-state index is 0.851. The van der Waals surface area contributed by atoms with Gasteiger partial charge >= 0.3 is 0 Å². The third-order valence-corrected chi connectivity index (χ3v) is 8.80. The molecule has 0 bridgehead atoms. The van der Waals surface area contributed by atoms with Gasteiger partial charge < -0.3 is 0 Å². The van der Waals surface area contributed by atoms with Gasteiger partial charge in [-0.2, -0.15) is 0 Å². The molecular formula is C26H50. The Morgan fingerprint density at radius 1 is 0.885 bits per heavy atom. The van der Waals surface area contributed by atoms with Crippen LogP contribution in [0.15, 0.2) is 0 Å². The minimum Gasteiger partial charge on any atom is -0.0651 e. The van der Waals surface area contributed by atoms with Crippen LogP contribution in [0.4, 0.5) is 0 Å². The monoisotopic (exact) mass is 362 g/mol. The van der Waals surface area contributed by atoms with Crippen molar-refractivity contribution in [2.45, 2.75) is 113 Å². The second kappa shape index (κ2) is 10.5. The Balaban J connectivity index is 1.83. The van der Waals surface area contributed by atoms with Crippen molar-refractivity contribution in [3.8, 4) is 0 Å². The van der Waals surface area contributed by atoms with Gasteiger partial charge in [0.05, 0.1) is 0 Å². The summed E-state index contributed by atoms with van der Waals surface area (Å²) in [6.07, 6.45) is 15.0. The largest absolute Gasteiger partial charge is 0.0651 e. The molecule has 0 radical (unpaired) electrons. The first-order valence-electron chi connectivity index (χ1n) is 12.3. The van der Waals surface area contributed by atoms with Crippen LogP contribution in [0.5, 0.6) is 0 Å². The molecule has 0 aromatic rings. The summed E-state index contributed by atoms with van der Waals surface area (Å²) in [6, 6.07) is 0. The van der Waals surface area contributed by atoms with Gasteiger partial charge in [-0.05, 0) is 78.9 Å². The maximum absolute atomic E-state index is 2.61. The van der Waals surface area contributed by atoms with E-state index in [0.29, 0.717) is 0 Å². The van der Waals surface area contributed by atoms with Gasteiger partial charge in [0.2, 0.25) is 0 Å². The Bertz CT molecular complexity index is 381. The molecule has 7 unspecified atom stereocenters. The molecule has 0 amide bonds. The summed E-state index contributed by atoms with van der Waals surface area (Å²) in [5.41, 5.74) is 0. The molecule has 0 spiro atoms. The van der Waals surface area contributed by atoms with E-state index >= 15 is 0 Å². The zero-order valence-corrected chi connectivity index (χ0v) is 19.3. The molecule has 0 nitrogen and oxygen atoms in total. The topological polar surface area (TPSA) is 0 Å². The zero-order chi connectivity index (χ0) is 19.3. The van der Waals surface area contributed by atoms with Crippen molar-refractivity contribution in [2.24, 2.45) is 53.3 Å². The molecule has 2 fully saturated rings. The quantitative estimate of drug-likeness (QED) is 0.365. The van der Waals surface area contributed by atoms with E-state index in [-0.39, 0.29) is 0 Å². The summed E-state index contributed by atoms with van der Waals surface area (Å²) in [4.78, 5) is 0. The van der Waals surface area contributed by atoms with Crippen LogP contribution in [-0.2, 0) is 0 Å². The molecule has 154 valence electrons. The van der Waals surface area contributed by atoms with Crippen LogP contribution in [0.1, 0.15) is 113 Å². The Morgan fingerprint density at radius 2 is 1.62 bits per heavy atom. The third kappa shape index (κ3) is 6.00. The summed E-state index contributed by atoms with van der Waals surface area (Å²) in [5, 5.41) is 0. The highest BCUT2D eigenvalue weighted by Gasteiger charge is 2.42. The molecule has 2 aliphatic carbocycles. The Kier molecular flexibility index (Phi) is 9.02. The summed E-state index contributed by atoms with van der Waals surface area (Å²) >= 11 is 0. The number of fused-ring (bicyclic) bond motifs is 1. The van der Waals surface area contributed by atoms with Crippen molar-refractivity contribution < 1.29 is 0 Å². The lowest BCUT2D eigenvalue weighted by Crippen LogP contribution is -2.35. The van der Waals surface area contributed by atoms with Gasteiger partial charge in [-0.25, -0.2) is 0 Å². The molecule has 0 heterocycles. The minimum absolute atomic E-state index is 0.851. The Hall–Kier alpha value is 0. The first kappa shape index (κ1) is 22.3. The number of hydrogen-bond donors (Lipinski definition) is 0. The number of hydrogen-bond acceptors (Lipinski definition) is 0. The zero-order valence-electron chi connectivity index (χ0n) is 19.3. The van der Waals surface area contributed by atoms with Crippen LogP contribution < -0.4 is 0 Å². The first-order valence-corrected chi connectivity index (χ1v) is 12.3. The highest BCUT2D eigenvalue weighted by atomic mass is 14.5. The SMILES string of the molecule is CCC(CCCC(C)C(C)C)CC(C)C1CC2CCCC2C(C(C)C)C1. The van der Waals surface area contributed by atoms with Gasteiger partial charge in [-0.15, -0.1) is 0 Å². The highest BCUT2D eigenvalue weighted by molar-refractivity contribution is 4.92. The lowest BCUT2D eigenvalue weighted by Gasteiger charge is -2.43. The maximum atomic E-state index is 2.61. The van der Waals surface area contributed by atoms with Gasteiger partial charge in [0.15, 0.2) is 0 Å². The summed E-state index contributed by atoms with van der Waals surface area (Å²) < 4.78 is 0. The predicted molar refractivity (Wildman–Crippen MR) is 117 cm³/mol. The van der Waals surface area contributed by atoms with Crippen LogP contribution in [0, 0.1) is 53.3 Å². The molecule has 0 aliphatic heterocycles. The third-order valence-electron chi connectivity index (χ3n) is 8.80. The van der Waals surface area contributed by atoms with Crippen LogP contribution in [0.2, 0.25) is 0 Å².